The van der Waals surface area contributed by atoms with E-state index in [2.05, 4.69) is 5.32 Å². The Morgan fingerprint density at radius 2 is 1.82 bits per heavy atom. The molecule has 28 heavy (non-hydrogen) atoms. The molecule has 0 radical (unpaired) electrons. The number of aromatic nitrogens is 1. The molecule has 0 spiro atoms. The van der Waals surface area contributed by atoms with Gasteiger partial charge in [-0.15, -0.1) is 0 Å². The van der Waals surface area contributed by atoms with Gasteiger partial charge in [0.2, 0.25) is 0 Å². The molecule has 1 aromatic carbocycles. The van der Waals surface area contributed by atoms with E-state index in [0.717, 1.165) is 6.07 Å². The lowest BCUT2D eigenvalue weighted by Crippen LogP contribution is -2.32. The number of nitro benzene ring substituents is 1. The highest BCUT2D eigenvalue weighted by Crippen LogP contribution is 2.20. The van der Waals surface area contributed by atoms with Crippen molar-refractivity contribution in [2.45, 2.75) is 20.8 Å². The number of nitro groups is 1. The minimum atomic E-state index is -0.673. The molecule has 0 fully saturated rings. The van der Waals surface area contributed by atoms with E-state index in [-0.39, 0.29) is 28.4 Å². The number of carbonyl (C=O) groups is 2. The number of aryl methyl sites for hydroxylation is 2. The number of hydrogen-bond acceptors (Lipinski definition) is 5. The summed E-state index contributed by atoms with van der Waals surface area (Å²) in [6.07, 6.45) is 1.41. The first-order valence-electron chi connectivity index (χ1n) is 8.75. The molecule has 0 aliphatic rings. The van der Waals surface area contributed by atoms with Gasteiger partial charge < -0.3 is 14.8 Å². The van der Waals surface area contributed by atoms with Crippen LogP contribution in [-0.4, -0.2) is 39.3 Å². The van der Waals surface area contributed by atoms with Crippen LogP contribution in [0.5, 0.6) is 0 Å². The summed E-state index contributed by atoms with van der Waals surface area (Å²) in [5, 5.41) is 13.5. The predicted molar refractivity (Wildman–Crippen MR) is 105 cm³/mol. The highest BCUT2D eigenvalue weighted by Gasteiger charge is 2.19. The normalized spacial score (nSPS) is 10.4. The Hall–Kier alpha value is -3.49. The molecule has 2 amide bonds. The minimum Gasteiger partial charge on any atom is -0.339 e. The summed E-state index contributed by atoms with van der Waals surface area (Å²) >= 11 is 0. The first kappa shape index (κ1) is 20.8. The van der Waals surface area contributed by atoms with Gasteiger partial charge in [0.15, 0.2) is 0 Å². The molecule has 0 bridgehead atoms. The predicted octanol–water partition coefficient (Wildman–Crippen LogP) is 2.34. The second-order valence-corrected chi connectivity index (χ2v) is 6.25. The van der Waals surface area contributed by atoms with E-state index in [0.29, 0.717) is 18.7 Å². The highest BCUT2D eigenvalue weighted by atomic mass is 16.6. The Balaban J connectivity index is 2.39. The molecule has 148 valence electrons. The zero-order chi connectivity index (χ0) is 21.0. The minimum absolute atomic E-state index is 0.0415. The third-order valence-electron chi connectivity index (χ3n) is 4.40. The summed E-state index contributed by atoms with van der Waals surface area (Å²) < 4.78 is 1.21. The Bertz CT molecular complexity index is 992. The van der Waals surface area contributed by atoms with Crippen LogP contribution in [0, 0.1) is 17.0 Å². The van der Waals surface area contributed by atoms with Crippen LogP contribution in [0.3, 0.4) is 0 Å². The average Bonchev–Trinajstić information content (AvgIpc) is 2.66. The Morgan fingerprint density at radius 1 is 1.18 bits per heavy atom. The van der Waals surface area contributed by atoms with E-state index in [1.54, 1.807) is 11.8 Å². The summed E-state index contributed by atoms with van der Waals surface area (Å²) in [4.78, 5) is 49.5. The van der Waals surface area contributed by atoms with Gasteiger partial charge in [0.25, 0.3) is 23.1 Å². The summed E-state index contributed by atoms with van der Waals surface area (Å²) in [6.45, 7) is 6.27. The third-order valence-corrected chi connectivity index (χ3v) is 4.40. The standard InChI is InChI=1S/C19H22N4O5/c1-5-22(6-2)18(25)14-9-15(19(26)21(4)11-14)20-17(24)13-8-7-12(3)16(10-13)23(27)28/h7-11H,5-6H2,1-4H3,(H,20,24). The summed E-state index contributed by atoms with van der Waals surface area (Å²) in [7, 11) is 1.48. The molecule has 0 atom stereocenters. The van der Waals surface area contributed by atoms with Crippen molar-refractivity contribution in [2.75, 3.05) is 18.4 Å². The first-order valence-corrected chi connectivity index (χ1v) is 8.75. The van der Waals surface area contributed by atoms with Crippen LogP contribution in [0.25, 0.3) is 0 Å². The van der Waals surface area contributed by atoms with Gasteiger partial charge in [-0.1, -0.05) is 6.07 Å². The molecule has 0 aliphatic heterocycles. The van der Waals surface area contributed by atoms with Crippen LogP contribution in [0.2, 0.25) is 0 Å². The van der Waals surface area contributed by atoms with E-state index in [4.69, 9.17) is 0 Å². The maximum atomic E-state index is 12.6. The zero-order valence-corrected chi connectivity index (χ0v) is 16.2. The molecule has 9 heteroatoms. The third kappa shape index (κ3) is 4.25. The molecule has 0 saturated heterocycles. The number of carbonyl (C=O) groups excluding carboxylic acids is 2. The van der Waals surface area contributed by atoms with Gasteiger partial charge >= 0.3 is 0 Å². The van der Waals surface area contributed by atoms with Crippen molar-refractivity contribution in [1.82, 2.24) is 9.47 Å². The van der Waals surface area contributed by atoms with Crippen molar-refractivity contribution in [3.63, 3.8) is 0 Å². The van der Waals surface area contributed by atoms with Crippen LogP contribution in [0.1, 0.15) is 40.1 Å². The molecule has 0 aliphatic carbocycles. The number of pyridine rings is 1. The zero-order valence-electron chi connectivity index (χ0n) is 16.2. The van der Waals surface area contributed by atoms with Gasteiger partial charge in [-0.05, 0) is 32.9 Å². The van der Waals surface area contributed by atoms with Crippen molar-refractivity contribution in [2.24, 2.45) is 7.05 Å². The summed E-state index contributed by atoms with van der Waals surface area (Å²) in [6, 6.07) is 5.38. The van der Waals surface area contributed by atoms with Gasteiger partial charge in [-0.2, -0.15) is 0 Å². The highest BCUT2D eigenvalue weighted by molar-refractivity contribution is 6.05. The number of rotatable bonds is 6. The lowest BCUT2D eigenvalue weighted by atomic mass is 10.1. The lowest BCUT2D eigenvalue weighted by Gasteiger charge is -2.19. The Labute approximate surface area is 161 Å². The molecular formula is C19H22N4O5. The van der Waals surface area contributed by atoms with E-state index >= 15 is 0 Å². The maximum absolute atomic E-state index is 12.6. The first-order chi connectivity index (χ1) is 13.2. The van der Waals surface area contributed by atoms with Crippen molar-refractivity contribution in [1.29, 1.82) is 0 Å². The van der Waals surface area contributed by atoms with Gasteiger partial charge in [0.05, 0.1) is 10.5 Å². The smallest absolute Gasteiger partial charge is 0.274 e. The molecule has 1 N–H and O–H groups in total. The number of nitrogens with one attached hydrogen (secondary N) is 1. The topological polar surface area (TPSA) is 115 Å². The van der Waals surface area contributed by atoms with Crippen LogP contribution >= 0.6 is 0 Å². The van der Waals surface area contributed by atoms with Crippen LogP contribution in [0.15, 0.2) is 35.3 Å². The molecule has 2 rings (SSSR count). The fourth-order valence-corrected chi connectivity index (χ4v) is 2.75. The molecule has 0 saturated carbocycles. The fourth-order valence-electron chi connectivity index (χ4n) is 2.75. The van der Waals surface area contributed by atoms with E-state index in [1.165, 1.54) is 36.0 Å². The second kappa shape index (κ2) is 8.47. The summed E-state index contributed by atoms with van der Waals surface area (Å²) in [5.41, 5.74) is -0.0362. The van der Waals surface area contributed by atoms with Gasteiger partial charge in [-0.25, -0.2) is 0 Å². The van der Waals surface area contributed by atoms with E-state index < -0.39 is 16.4 Å². The molecule has 1 heterocycles. The van der Waals surface area contributed by atoms with Gasteiger partial charge in [0, 0.05) is 43.5 Å². The van der Waals surface area contributed by atoms with Crippen LogP contribution in [0.4, 0.5) is 11.4 Å². The molecule has 9 nitrogen and oxygen atoms in total. The van der Waals surface area contributed by atoms with Crippen molar-refractivity contribution >= 4 is 23.2 Å². The fraction of sp³-hybridized carbons (Fsp3) is 0.316. The number of anilines is 1. The molecule has 0 unspecified atom stereocenters. The lowest BCUT2D eigenvalue weighted by molar-refractivity contribution is -0.385. The molecule has 2 aromatic rings. The van der Waals surface area contributed by atoms with Gasteiger partial charge in [0.1, 0.15) is 5.69 Å². The quantitative estimate of drug-likeness (QED) is 0.604. The molecular weight excluding hydrogens is 364 g/mol. The number of benzene rings is 1. The maximum Gasteiger partial charge on any atom is 0.274 e. The SMILES string of the molecule is CCN(CC)C(=O)c1cc(NC(=O)c2ccc(C)c([N+](=O)[O-])c2)c(=O)n(C)c1. The van der Waals surface area contributed by atoms with E-state index in [1.807, 2.05) is 13.8 Å². The summed E-state index contributed by atoms with van der Waals surface area (Å²) in [5.74, 6) is -0.935. The Morgan fingerprint density at radius 3 is 2.39 bits per heavy atom. The van der Waals surface area contributed by atoms with Crippen molar-refractivity contribution in [3.8, 4) is 0 Å². The van der Waals surface area contributed by atoms with Crippen LogP contribution < -0.4 is 10.9 Å². The number of nitrogens with zero attached hydrogens (tertiary/aromatic N) is 3. The van der Waals surface area contributed by atoms with Gasteiger partial charge in [-0.3, -0.25) is 24.5 Å². The average molecular weight is 386 g/mol. The number of hydrogen-bond donors (Lipinski definition) is 1. The number of amides is 2. The molecule has 1 aromatic heterocycles. The largest absolute Gasteiger partial charge is 0.339 e. The van der Waals surface area contributed by atoms with Crippen molar-refractivity contribution in [3.05, 3.63) is 67.6 Å². The Kier molecular flexibility index (Phi) is 6.29. The van der Waals surface area contributed by atoms with Crippen LogP contribution in [-0.2, 0) is 7.05 Å². The monoisotopic (exact) mass is 386 g/mol. The van der Waals surface area contributed by atoms with E-state index in [9.17, 15) is 24.5 Å². The van der Waals surface area contributed by atoms with Crippen molar-refractivity contribution < 1.29 is 14.5 Å². The second-order valence-electron chi connectivity index (χ2n) is 6.25.